The Morgan fingerprint density at radius 2 is 1.05 bits per heavy atom. The Morgan fingerprint density at radius 1 is 0.615 bits per heavy atom. The van der Waals surface area contributed by atoms with Crippen molar-refractivity contribution >= 4 is 0 Å². The number of benzene rings is 3. The van der Waals surface area contributed by atoms with Crippen molar-refractivity contribution in [3.63, 3.8) is 0 Å². The van der Waals surface area contributed by atoms with Gasteiger partial charge in [-0.25, -0.2) is 0 Å². The van der Waals surface area contributed by atoms with Crippen LogP contribution in [-0.4, -0.2) is 19.6 Å². The smallest absolute Gasteiger partial charge is 0.265 e. The maximum atomic E-state index is 13.2. The summed E-state index contributed by atoms with van der Waals surface area (Å²) in [5.41, 5.74) is -0.746. The minimum Gasteiger partial charge on any atom is -0.265 e. The zero-order chi connectivity index (χ0) is 27.1. The minimum absolute atomic E-state index is 0. The van der Waals surface area contributed by atoms with Crippen molar-refractivity contribution in [2.45, 2.75) is 24.7 Å². The minimum atomic E-state index is -4.52. The third-order valence-electron chi connectivity index (χ3n) is 6.27. The fourth-order valence-corrected chi connectivity index (χ4v) is 4.17. The third kappa shape index (κ3) is 5.57. The van der Waals surface area contributed by atoms with Crippen LogP contribution in [0.5, 0.6) is 0 Å². The van der Waals surface area contributed by atoms with Crippen LogP contribution < -0.4 is 0 Å². The molecule has 0 unspecified atom stereocenters. The zero-order valence-electron chi connectivity index (χ0n) is 20.0. The number of aromatic nitrogens is 4. The molecule has 0 bridgehead atoms. The van der Waals surface area contributed by atoms with Gasteiger partial charge in [0.2, 0.25) is 0 Å². The quantitative estimate of drug-likeness (QED) is 0.144. The SMILES string of the molecule is CC(c1ccccc1)(c1ccn(-c2[c-]ccc(C(F)(F)F)c2)n1)c1ccn(-c2[c-]ccc(C(F)(F)F)c2)n1.[Pt+2]. The summed E-state index contributed by atoms with van der Waals surface area (Å²) in [4.78, 5) is 0. The van der Waals surface area contributed by atoms with Crippen LogP contribution in [0.1, 0.15) is 35.0 Å². The van der Waals surface area contributed by atoms with Crippen LogP contribution in [0.15, 0.2) is 91.3 Å². The van der Waals surface area contributed by atoms with E-state index in [2.05, 4.69) is 22.3 Å². The number of hydrogen-bond donors (Lipinski definition) is 0. The van der Waals surface area contributed by atoms with E-state index in [1.54, 1.807) is 12.1 Å². The van der Waals surface area contributed by atoms with E-state index < -0.39 is 28.9 Å². The zero-order valence-corrected chi connectivity index (χ0v) is 22.3. The Balaban J connectivity index is 0.00000353. The number of halogens is 6. The van der Waals surface area contributed by atoms with E-state index in [4.69, 9.17) is 0 Å². The van der Waals surface area contributed by atoms with Gasteiger partial charge in [-0.1, -0.05) is 41.5 Å². The molecule has 0 amide bonds. The number of rotatable bonds is 5. The molecule has 0 aliphatic carbocycles. The van der Waals surface area contributed by atoms with Gasteiger partial charge in [-0.2, -0.15) is 72.9 Å². The molecule has 5 aromatic rings. The molecule has 0 N–H and O–H groups in total. The van der Waals surface area contributed by atoms with Gasteiger partial charge in [0.15, 0.2) is 0 Å². The van der Waals surface area contributed by atoms with Crippen molar-refractivity contribution in [3.8, 4) is 11.4 Å². The maximum Gasteiger partial charge on any atom is 2.00 e. The molecule has 202 valence electrons. The molecule has 39 heavy (non-hydrogen) atoms. The van der Waals surface area contributed by atoms with Gasteiger partial charge in [-0.3, -0.25) is 9.36 Å². The molecule has 0 saturated heterocycles. The third-order valence-corrected chi connectivity index (χ3v) is 6.27. The molecule has 3 aromatic carbocycles. The first-order valence-electron chi connectivity index (χ1n) is 11.3. The van der Waals surface area contributed by atoms with Crippen LogP contribution in [0.2, 0.25) is 0 Å². The summed E-state index contributed by atoms with van der Waals surface area (Å²) in [6, 6.07) is 24.2. The van der Waals surface area contributed by atoms with Gasteiger partial charge in [0.05, 0.1) is 16.8 Å². The summed E-state index contributed by atoms with van der Waals surface area (Å²) in [5.74, 6) is 0. The van der Waals surface area contributed by atoms with E-state index in [1.807, 2.05) is 37.3 Å². The van der Waals surface area contributed by atoms with E-state index in [1.165, 1.54) is 33.9 Å². The van der Waals surface area contributed by atoms with E-state index in [-0.39, 0.29) is 32.4 Å². The second kappa shape index (κ2) is 10.5. The monoisotopic (exact) mass is 719 g/mol. The Bertz CT molecular complexity index is 1470. The molecule has 0 saturated carbocycles. The number of nitrogens with zero attached hydrogens (tertiary/aromatic N) is 4. The van der Waals surface area contributed by atoms with Crippen LogP contribution in [0.25, 0.3) is 11.4 Å². The molecule has 5 rings (SSSR count). The normalized spacial score (nSPS) is 12.3. The van der Waals surface area contributed by atoms with Crippen molar-refractivity contribution in [2.75, 3.05) is 0 Å². The molecule has 0 aliphatic heterocycles. The van der Waals surface area contributed by atoms with Crippen LogP contribution in [-0.2, 0) is 38.8 Å². The second-order valence-corrected chi connectivity index (χ2v) is 8.70. The Kier molecular flexibility index (Phi) is 7.63. The molecule has 0 fully saturated rings. The summed E-state index contributed by atoms with van der Waals surface area (Å²) < 4.78 is 82.0. The topological polar surface area (TPSA) is 35.6 Å². The summed E-state index contributed by atoms with van der Waals surface area (Å²) in [6.07, 6.45) is -5.99. The molecule has 0 spiro atoms. The van der Waals surface area contributed by atoms with Crippen molar-refractivity contribution in [1.82, 2.24) is 19.6 Å². The number of hydrogen-bond acceptors (Lipinski definition) is 2. The van der Waals surface area contributed by atoms with Gasteiger partial charge in [-0.05, 0) is 36.0 Å². The maximum absolute atomic E-state index is 13.2. The number of alkyl halides is 6. The van der Waals surface area contributed by atoms with E-state index in [0.717, 1.165) is 29.8 Å². The summed E-state index contributed by atoms with van der Waals surface area (Å²) in [5, 5.41) is 9.14. The molecule has 0 aliphatic rings. The van der Waals surface area contributed by atoms with E-state index in [0.29, 0.717) is 11.4 Å². The average Bonchev–Trinajstić information content (AvgIpc) is 3.59. The first kappa shape index (κ1) is 28.4. The second-order valence-electron chi connectivity index (χ2n) is 8.70. The Morgan fingerprint density at radius 3 is 1.46 bits per heavy atom. The standard InChI is InChI=1S/C28H18F6N4.Pt/c1-26(19-7-3-2-4-8-19,24-13-15-37(35-24)22-11-5-9-20(17-22)27(29,30)31)25-14-16-38(36-25)23-12-6-10-21(18-23)28(32,33)34;/h2-10,13-18H,1H3;/q-2;+2. The summed E-state index contributed by atoms with van der Waals surface area (Å²) in [6.45, 7) is 1.84. The molecular weight excluding hydrogens is 701 g/mol. The van der Waals surface area contributed by atoms with Crippen molar-refractivity contribution < 1.29 is 47.4 Å². The van der Waals surface area contributed by atoms with Gasteiger partial charge in [0, 0.05) is 12.4 Å². The Hall–Kier alpha value is -3.65. The summed E-state index contributed by atoms with van der Waals surface area (Å²) >= 11 is 0. The fourth-order valence-electron chi connectivity index (χ4n) is 4.17. The molecule has 0 radical (unpaired) electrons. The Labute approximate surface area is 234 Å². The van der Waals surface area contributed by atoms with Crippen molar-refractivity contribution in [1.29, 1.82) is 0 Å². The molecule has 2 aromatic heterocycles. The van der Waals surface area contributed by atoms with E-state index in [9.17, 15) is 26.3 Å². The van der Waals surface area contributed by atoms with Crippen LogP contribution in [0.3, 0.4) is 0 Å². The van der Waals surface area contributed by atoms with Gasteiger partial charge < -0.3 is 0 Å². The van der Waals surface area contributed by atoms with Gasteiger partial charge in [0.1, 0.15) is 0 Å². The predicted molar refractivity (Wildman–Crippen MR) is 127 cm³/mol. The average molecular weight is 720 g/mol. The predicted octanol–water partition coefficient (Wildman–Crippen LogP) is 7.05. The van der Waals surface area contributed by atoms with Crippen LogP contribution in [0.4, 0.5) is 26.3 Å². The van der Waals surface area contributed by atoms with Gasteiger partial charge >= 0.3 is 33.4 Å². The molecular formula is C28H18F6N4Pt. The van der Waals surface area contributed by atoms with Crippen molar-refractivity contribution in [2.24, 2.45) is 0 Å². The molecule has 2 heterocycles. The molecule has 0 atom stereocenters. The van der Waals surface area contributed by atoms with E-state index >= 15 is 0 Å². The fraction of sp³-hybridized carbons (Fsp3) is 0.143. The first-order valence-corrected chi connectivity index (χ1v) is 11.3. The largest absolute Gasteiger partial charge is 2.00 e. The molecule has 11 heteroatoms. The molecule has 4 nitrogen and oxygen atoms in total. The van der Waals surface area contributed by atoms with Gasteiger partial charge in [-0.15, -0.1) is 12.1 Å². The van der Waals surface area contributed by atoms with Crippen LogP contribution >= 0.6 is 0 Å². The van der Waals surface area contributed by atoms with Crippen molar-refractivity contribution in [3.05, 3.63) is 131 Å². The first-order chi connectivity index (χ1) is 18.0. The van der Waals surface area contributed by atoms with Gasteiger partial charge in [0.25, 0.3) is 0 Å². The summed E-state index contributed by atoms with van der Waals surface area (Å²) in [7, 11) is 0. The van der Waals surface area contributed by atoms with Crippen LogP contribution in [0, 0.1) is 12.1 Å².